The number of piperidine rings is 1. The van der Waals surface area contributed by atoms with Gasteiger partial charge in [0.25, 0.3) is 0 Å². The lowest BCUT2D eigenvalue weighted by atomic mass is 9.90. The molecule has 2 saturated heterocycles. The van der Waals surface area contributed by atoms with E-state index in [1.807, 2.05) is 42.5 Å². The van der Waals surface area contributed by atoms with Crippen molar-refractivity contribution < 1.29 is 29.0 Å². The Labute approximate surface area is 314 Å². The van der Waals surface area contributed by atoms with E-state index in [0.717, 1.165) is 113 Å². The summed E-state index contributed by atoms with van der Waals surface area (Å²) in [7, 11) is 0. The van der Waals surface area contributed by atoms with Gasteiger partial charge in [-0.15, -0.1) is 0 Å². The first kappa shape index (κ1) is 35.3. The second-order valence-electron chi connectivity index (χ2n) is 14.6. The molecule has 4 heterocycles. The molecule has 2 aromatic heterocycles. The Balaban J connectivity index is 0.791. The second-order valence-corrected chi connectivity index (χ2v) is 14.6. The number of carbonyl (C=O) groups is 2. The third kappa shape index (κ3) is 7.39. The highest BCUT2D eigenvalue weighted by Gasteiger charge is 2.31. The van der Waals surface area contributed by atoms with Crippen LogP contribution < -0.4 is 15.0 Å². The lowest BCUT2D eigenvalue weighted by Crippen LogP contribution is -2.46. The quantitative estimate of drug-likeness (QED) is 0.0867. The van der Waals surface area contributed by atoms with Crippen LogP contribution in [-0.4, -0.2) is 70.8 Å². The summed E-state index contributed by atoms with van der Waals surface area (Å²) >= 11 is 0. The van der Waals surface area contributed by atoms with Crippen LogP contribution in [0.25, 0.3) is 33.1 Å². The largest absolute Gasteiger partial charge is 0.508 e. The zero-order valence-electron chi connectivity index (χ0n) is 30.6. The highest BCUT2D eigenvalue weighted by atomic mass is 16.5. The highest BCUT2D eigenvalue weighted by molar-refractivity contribution is 6.03. The molecule has 0 spiro atoms. The van der Waals surface area contributed by atoms with Gasteiger partial charge in [-0.05, 0) is 129 Å². The number of phenols is 2. The van der Waals surface area contributed by atoms with Crippen molar-refractivity contribution in [2.75, 3.05) is 44.2 Å². The van der Waals surface area contributed by atoms with Crippen LogP contribution in [0.3, 0.4) is 0 Å². The van der Waals surface area contributed by atoms with Crippen LogP contribution in [-0.2, 0) is 16.1 Å². The number of piperazine rings is 1. The van der Waals surface area contributed by atoms with Gasteiger partial charge < -0.3 is 28.8 Å². The van der Waals surface area contributed by atoms with Crippen LogP contribution in [0.1, 0.15) is 54.7 Å². The number of anilines is 1. The number of unbranched alkanes of at least 4 members (excludes halogenated alkanes) is 2. The summed E-state index contributed by atoms with van der Waals surface area (Å²) in [4.78, 5) is 29.1. The molecule has 1 atom stereocenters. The van der Waals surface area contributed by atoms with E-state index in [2.05, 4.69) is 50.9 Å². The molecule has 2 amide bonds. The van der Waals surface area contributed by atoms with E-state index >= 15 is 0 Å². The molecule has 2 aliphatic rings. The van der Waals surface area contributed by atoms with Crippen LogP contribution in [0, 0.1) is 6.92 Å². The Kier molecular flexibility index (Phi) is 10.0. The van der Waals surface area contributed by atoms with Crippen molar-refractivity contribution in [1.29, 1.82) is 0 Å². The highest BCUT2D eigenvalue weighted by Crippen LogP contribution is 2.37. The van der Waals surface area contributed by atoms with Crippen LogP contribution in [0.15, 0.2) is 95.6 Å². The number of hydrogen-bond acceptors (Lipinski definition) is 8. The van der Waals surface area contributed by atoms with E-state index in [0.29, 0.717) is 26.0 Å². The number of nitrogens with zero attached hydrogens (tertiary/aromatic N) is 3. The fraction of sp³-hybridized carbons (Fsp3) is 0.318. The Morgan fingerprint density at radius 1 is 0.833 bits per heavy atom. The molecule has 10 heteroatoms. The maximum atomic E-state index is 12.5. The van der Waals surface area contributed by atoms with Gasteiger partial charge in [0.2, 0.25) is 11.8 Å². The minimum absolute atomic E-state index is 0.209. The first-order valence-electron chi connectivity index (χ1n) is 19.0. The number of fused-ring (bicyclic) bond motifs is 2. The van der Waals surface area contributed by atoms with E-state index in [1.54, 1.807) is 24.5 Å². The van der Waals surface area contributed by atoms with Gasteiger partial charge >= 0.3 is 0 Å². The summed E-state index contributed by atoms with van der Waals surface area (Å²) in [6, 6.07) is 27.3. The summed E-state index contributed by atoms with van der Waals surface area (Å²) in [5, 5.41) is 24.5. The predicted molar refractivity (Wildman–Crippen MR) is 210 cm³/mol. The zero-order chi connectivity index (χ0) is 37.2. The molecule has 2 aliphatic heterocycles. The van der Waals surface area contributed by atoms with Crippen LogP contribution >= 0.6 is 0 Å². The molecule has 0 aliphatic carbocycles. The van der Waals surface area contributed by atoms with E-state index in [1.165, 1.54) is 0 Å². The summed E-state index contributed by atoms with van der Waals surface area (Å²) < 4.78 is 14.2. The fourth-order valence-electron chi connectivity index (χ4n) is 8.07. The van der Waals surface area contributed by atoms with Gasteiger partial charge in [0.15, 0.2) is 0 Å². The molecular formula is C44H46N4O6. The SMILES string of the molecule is Cc1c(-c2ccc(O)cc2)n(Cc2ccc(OCCCCCN3CCN(c4ccc5occ(C6CCC(=O)NC6=O)c5c4)CC3)cc2)c2ccc(O)cc12. The van der Waals surface area contributed by atoms with Crippen molar-refractivity contribution in [3.8, 4) is 28.5 Å². The average molecular weight is 727 g/mol. The average Bonchev–Trinajstić information content (AvgIpc) is 3.71. The molecule has 8 rings (SSSR count). The minimum Gasteiger partial charge on any atom is -0.508 e. The molecule has 10 nitrogen and oxygen atoms in total. The molecule has 0 saturated carbocycles. The van der Waals surface area contributed by atoms with Gasteiger partial charge in [0.1, 0.15) is 22.8 Å². The lowest BCUT2D eigenvalue weighted by Gasteiger charge is -2.36. The number of aromatic hydroxyl groups is 2. The number of aromatic nitrogens is 1. The first-order chi connectivity index (χ1) is 26.3. The van der Waals surface area contributed by atoms with E-state index in [9.17, 15) is 19.8 Å². The number of ether oxygens (including phenoxy) is 1. The van der Waals surface area contributed by atoms with E-state index in [-0.39, 0.29) is 29.2 Å². The monoisotopic (exact) mass is 726 g/mol. The smallest absolute Gasteiger partial charge is 0.234 e. The van der Waals surface area contributed by atoms with Crippen molar-refractivity contribution in [3.05, 3.63) is 108 Å². The molecule has 3 N–H and O–H groups in total. The molecule has 2 fully saturated rings. The Hall–Kier alpha value is -5.74. The topological polar surface area (TPSA) is 120 Å². The minimum atomic E-state index is -0.362. The Morgan fingerprint density at radius 2 is 1.61 bits per heavy atom. The molecule has 0 bridgehead atoms. The zero-order valence-corrected chi connectivity index (χ0v) is 30.6. The van der Waals surface area contributed by atoms with Gasteiger partial charge in [-0.25, -0.2) is 0 Å². The molecule has 54 heavy (non-hydrogen) atoms. The third-order valence-corrected chi connectivity index (χ3v) is 11.0. The van der Waals surface area contributed by atoms with E-state index in [4.69, 9.17) is 9.15 Å². The maximum absolute atomic E-state index is 12.5. The van der Waals surface area contributed by atoms with Crippen molar-refractivity contribution in [2.24, 2.45) is 0 Å². The number of amides is 2. The molecular weight excluding hydrogens is 681 g/mol. The number of benzene rings is 4. The van der Waals surface area contributed by atoms with Crippen molar-refractivity contribution in [3.63, 3.8) is 0 Å². The van der Waals surface area contributed by atoms with Gasteiger partial charge in [0, 0.05) is 66.7 Å². The predicted octanol–water partition coefficient (Wildman–Crippen LogP) is 7.71. The molecule has 4 aromatic carbocycles. The number of hydrogen-bond donors (Lipinski definition) is 3. The summed E-state index contributed by atoms with van der Waals surface area (Å²) in [6.45, 7) is 8.38. The van der Waals surface area contributed by atoms with Gasteiger partial charge in [0.05, 0.1) is 24.5 Å². The van der Waals surface area contributed by atoms with Crippen molar-refractivity contribution in [2.45, 2.75) is 51.5 Å². The number of phenolic OH excluding ortho intramolecular Hbond substituents is 2. The summed E-state index contributed by atoms with van der Waals surface area (Å²) in [5.74, 6) is 0.524. The number of rotatable bonds is 12. The summed E-state index contributed by atoms with van der Waals surface area (Å²) in [5.41, 5.74) is 8.10. The molecule has 0 radical (unpaired) electrons. The number of carbonyl (C=O) groups excluding carboxylic acids is 2. The van der Waals surface area contributed by atoms with Gasteiger partial charge in [-0.3, -0.25) is 19.8 Å². The molecule has 6 aromatic rings. The van der Waals surface area contributed by atoms with E-state index < -0.39 is 0 Å². The number of furan rings is 1. The third-order valence-electron chi connectivity index (χ3n) is 11.0. The molecule has 1 unspecified atom stereocenters. The maximum Gasteiger partial charge on any atom is 0.234 e. The number of aryl methyl sites for hydroxylation is 1. The normalized spacial score (nSPS) is 16.7. The van der Waals surface area contributed by atoms with Gasteiger partial charge in [-0.2, -0.15) is 0 Å². The summed E-state index contributed by atoms with van der Waals surface area (Å²) in [6.07, 6.45) is 5.76. The van der Waals surface area contributed by atoms with Crippen LogP contribution in [0.2, 0.25) is 0 Å². The van der Waals surface area contributed by atoms with Crippen molar-refractivity contribution >= 4 is 39.4 Å². The Morgan fingerprint density at radius 3 is 2.39 bits per heavy atom. The number of imide groups is 1. The van der Waals surface area contributed by atoms with Crippen molar-refractivity contribution in [1.82, 2.24) is 14.8 Å². The second kappa shape index (κ2) is 15.3. The molecule has 278 valence electrons. The standard InChI is InChI=1S/C44H46N4O6/c1-29-37-26-34(50)12-16-40(37)48(43(29)31-7-10-33(49)11-8-31)27-30-5-13-35(14-6-30)53-24-4-2-3-19-46-20-22-47(23-21-46)32-9-17-41-38(25-32)39(28-54-41)36-15-18-42(51)45-44(36)52/h5-14,16-17,25-26,28,36,49-50H,2-4,15,18-24,27H2,1H3,(H,45,51,52). The Bertz CT molecular complexity index is 2280. The van der Waals surface area contributed by atoms with Crippen LogP contribution in [0.4, 0.5) is 5.69 Å². The van der Waals surface area contributed by atoms with Crippen LogP contribution in [0.5, 0.6) is 17.2 Å². The number of nitrogens with one attached hydrogen (secondary N) is 1. The fourth-order valence-corrected chi connectivity index (χ4v) is 8.07. The first-order valence-corrected chi connectivity index (χ1v) is 19.0. The van der Waals surface area contributed by atoms with Gasteiger partial charge in [-0.1, -0.05) is 12.1 Å². The lowest BCUT2D eigenvalue weighted by molar-refractivity contribution is -0.134.